The second kappa shape index (κ2) is 18.0. The zero-order valence-corrected chi connectivity index (χ0v) is 29.8. The molecule has 0 fully saturated rings. The number of hydrazone groups is 1. The van der Waals surface area contributed by atoms with Gasteiger partial charge < -0.3 is 9.84 Å². The highest BCUT2D eigenvalue weighted by Crippen LogP contribution is 2.35. The Morgan fingerprint density at radius 1 is 0.887 bits per heavy atom. The van der Waals surface area contributed by atoms with Gasteiger partial charge in [0.05, 0.1) is 60.8 Å². The Morgan fingerprint density at radius 2 is 1.47 bits per heavy atom. The van der Waals surface area contributed by atoms with Gasteiger partial charge in [0.2, 0.25) is 5.88 Å². The maximum atomic E-state index is 13.5. The molecule has 3 aromatic rings. The van der Waals surface area contributed by atoms with Crippen LogP contribution in [0.25, 0.3) is 11.8 Å². The number of nitrogens with zero attached hydrogens (tertiary/aromatic N) is 4. The van der Waals surface area contributed by atoms with Gasteiger partial charge in [0.25, 0.3) is 26.1 Å². The predicted octanol–water partition coefficient (Wildman–Crippen LogP) is 3.19. The zero-order valence-electron chi connectivity index (χ0n) is 26.5. The number of rotatable bonds is 17. The topological polar surface area (TPSA) is 302 Å². The number of methoxy groups -OCH3 is 1. The van der Waals surface area contributed by atoms with Crippen molar-refractivity contribution in [2.45, 2.75) is 19.6 Å². The molecule has 5 N–H and O–H groups in total. The molecular formula is C27H24N4O18S4. The van der Waals surface area contributed by atoms with Crippen LogP contribution in [0.3, 0.4) is 0 Å². The van der Waals surface area contributed by atoms with Gasteiger partial charge in [-0.2, -0.15) is 36.7 Å². The van der Waals surface area contributed by atoms with Crippen molar-refractivity contribution in [1.29, 1.82) is 0 Å². The molecule has 0 aliphatic carbocycles. The van der Waals surface area contributed by atoms with Crippen LogP contribution in [-0.4, -0.2) is 89.8 Å². The van der Waals surface area contributed by atoms with Crippen molar-refractivity contribution in [3.8, 4) is 11.6 Å². The van der Waals surface area contributed by atoms with Gasteiger partial charge in [-0.3, -0.25) is 13.9 Å². The van der Waals surface area contributed by atoms with Gasteiger partial charge in [0.1, 0.15) is 22.1 Å². The number of allylic oxidation sites excluding steroid dienone is 4. The first kappa shape index (κ1) is 41.2. The number of esters is 1. The van der Waals surface area contributed by atoms with E-state index in [0.29, 0.717) is 33.8 Å². The molecule has 2 heterocycles. The van der Waals surface area contributed by atoms with Crippen molar-refractivity contribution in [3.05, 3.63) is 77.5 Å². The third-order valence-electron chi connectivity index (χ3n) is 6.49. The van der Waals surface area contributed by atoms with Crippen LogP contribution in [0.5, 0.6) is 5.88 Å². The highest BCUT2D eigenvalue weighted by atomic mass is 32.2. The van der Waals surface area contributed by atoms with Gasteiger partial charge in [-0.15, -0.1) is 8.67 Å². The lowest BCUT2D eigenvalue weighted by Gasteiger charge is -2.15. The SMILES string of the molecule is COOCC1=NN(c2cc(SOOO)ccc2S(=O)(=O)O)C(=O)/C1=C/C=C/C=C/c1c(C(=O)OC)nn(-c2cc(SOOO)ccc2S(=O)(=O)O)c1O. The summed E-state index contributed by atoms with van der Waals surface area (Å²) in [5, 5.41) is 43.8. The maximum Gasteiger partial charge on any atom is 0.359 e. The summed E-state index contributed by atoms with van der Waals surface area (Å²) in [6.07, 6.45) is 6.30. The molecule has 284 valence electrons. The average molecular weight is 821 g/mol. The Bertz CT molecular complexity index is 2220. The smallest absolute Gasteiger partial charge is 0.359 e. The molecule has 0 spiro atoms. The van der Waals surface area contributed by atoms with E-state index in [1.807, 2.05) is 0 Å². The molecule has 53 heavy (non-hydrogen) atoms. The van der Waals surface area contributed by atoms with Gasteiger partial charge in [0, 0.05) is 9.79 Å². The summed E-state index contributed by atoms with van der Waals surface area (Å²) in [4.78, 5) is 34.4. The number of ether oxygens (including phenoxy) is 1. The van der Waals surface area contributed by atoms with Gasteiger partial charge in [-0.05, 0) is 48.6 Å². The first-order chi connectivity index (χ1) is 25.2. The minimum absolute atomic E-state index is 0.0577. The highest BCUT2D eigenvalue weighted by molar-refractivity contribution is 7.94. The molecule has 1 aliphatic rings. The number of aromatic hydroxyl groups is 1. The van der Waals surface area contributed by atoms with Crippen molar-refractivity contribution >= 4 is 73.7 Å². The largest absolute Gasteiger partial charge is 0.493 e. The van der Waals surface area contributed by atoms with Gasteiger partial charge >= 0.3 is 5.97 Å². The van der Waals surface area contributed by atoms with Crippen molar-refractivity contribution in [2.75, 3.05) is 25.8 Å². The minimum Gasteiger partial charge on any atom is -0.493 e. The number of amides is 1. The van der Waals surface area contributed by atoms with Gasteiger partial charge in [-0.25, -0.2) is 25.1 Å². The number of hydrogen-bond donors (Lipinski definition) is 5. The Balaban J connectivity index is 1.72. The second-order valence-corrected chi connectivity index (χ2v) is 13.9. The predicted molar refractivity (Wildman–Crippen MR) is 178 cm³/mol. The quantitative estimate of drug-likeness (QED) is 0.0248. The molecule has 0 saturated heterocycles. The van der Waals surface area contributed by atoms with E-state index < -0.39 is 71.5 Å². The molecule has 26 heteroatoms. The lowest BCUT2D eigenvalue weighted by molar-refractivity contribution is -0.432. The summed E-state index contributed by atoms with van der Waals surface area (Å²) in [7, 11) is -7.62. The fraction of sp³-hybridized carbons (Fsp3) is 0.111. The first-order valence-electron chi connectivity index (χ1n) is 13.7. The third-order valence-corrected chi connectivity index (χ3v) is 9.44. The molecule has 1 aliphatic heterocycles. The molecule has 1 aromatic heterocycles. The minimum atomic E-state index is -4.92. The molecule has 0 bridgehead atoms. The molecular weight excluding hydrogens is 797 g/mol. The summed E-state index contributed by atoms with van der Waals surface area (Å²) in [5.74, 6) is -2.74. The van der Waals surface area contributed by atoms with Crippen molar-refractivity contribution < 1.29 is 84.4 Å². The molecule has 0 saturated carbocycles. The summed E-state index contributed by atoms with van der Waals surface area (Å²) in [6, 6.07) is 6.40. The van der Waals surface area contributed by atoms with E-state index in [2.05, 4.69) is 33.8 Å². The fourth-order valence-corrected chi connectivity index (χ4v) is 6.43. The maximum absolute atomic E-state index is 13.5. The van der Waals surface area contributed by atoms with E-state index in [0.717, 1.165) is 37.4 Å². The fourth-order valence-electron chi connectivity index (χ4n) is 4.34. The van der Waals surface area contributed by atoms with Crippen molar-refractivity contribution in [3.63, 3.8) is 0 Å². The molecule has 0 unspecified atom stereocenters. The van der Waals surface area contributed by atoms with Gasteiger partial charge in [-0.1, -0.05) is 28.3 Å². The number of aromatic nitrogens is 2. The first-order valence-corrected chi connectivity index (χ1v) is 18.1. The van der Waals surface area contributed by atoms with E-state index in [-0.39, 0.29) is 26.6 Å². The molecule has 0 atom stereocenters. The van der Waals surface area contributed by atoms with E-state index in [1.165, 1.54) is 43.6 Å². The monoisotopic (exact) mass is 820 g/mol. The normalized spacial score (nSPS) is 14.6. The number of carbonyl (C=O) groups excluding carboxylic acids is 2. The lowest BCUT2D eigenvalue weighted by Crippen LogP contribution is -2.23. The lowest BCUT2D eigenvalue weighted by atomic mass is 10.1. The highest BCUT2D eigenvalue weighted by Gasteiger charge is 2.34. The average Bonchev–Trinajstić information content (AvgIpc) is 3.62. The van der Waals surface area contributed by atoms with Gasteiger partial charge in [0.15, 0.2) is 5.69 Å². The number of hydrogen-bond acceptors (Lipinski definition) is 20. The standard InChI is InChI=1S/C27H24N4O18S4/c1-43-27(34)24-18(26(33)31(29-24)21-13-16(51-49-47-36)9-11-23(21)53(40,41)42)7-5-3-4-6-17-19(14-45-44-2)28-30(25(17)32)20-12-15(50-48-46-35)8-10-22(20)52(37,38)39/h3-13,33,35-36H,14H2,1-2H3,(H,37,38,39)(H,40,41,42)/b4-3+,7-5+,17-6+. The summed E-state index contributed by atoms with van der Waals surface area (Å²) in [5.41, 5.74) is -1.85. The van der Waals surface area contributed by atoms with E-state index in [4.69, 9.17) is 20.1 Å². The Hall–Kier alpha value is -4.52. The van der Waals surface area contributed by atoms with Crippen LogP contribution in [0.2, 0.25) is 0 Å². The number of benzene rings is 2. The summed E-state index contributed by atoms with van der Waals surface area (Å²) < 4.78 is 82.1. The second-order valence-electron chi connectivity index (χ2n) is 9.57. The summed E-state index contributed by atoms with van der Waals surface area (Å²) in [6.45, 7) is -0.411. The van der Waals surface area contributed by atoms with Crippen LogP contribution in [0, 0.1) is 0 Å². The van der Waals surface area contributed by atoms with Crippen LogP contribution in [0.15, 0.2) is 91.0 Å². The summed E-state index contributed by atoms with van der Waals surface area (Å²) >= 11 is 0.850. The molecule has 1 amide bonds. The van der Waals surface area contributed by atoms with Crippen molar-refractivity contribution in [1.82, 2.24) is 9.78 Å². The Kier molecular flexibility index (Phi) is 14.0. The third kappa shape index (κ3) is 9.92. The van der Waals surface area contributed by atoms with Crippen molar-refractivity contribution in [2.24, 2.45) is 5.10 Å². The van der Waals surface area contributed by atoms with Crippen LogP contribution < -0.4 is 5.01 Å². The van der Waals surface area contributed by atoms with Crippen LogP contribution in [0.1, 0.15) is 16.1 Å². The number of carbonyl (C=O) groups is 2. The molecule has 22 nitrogen and oxygen atoms in total. The molecule has 4 rings (SSSR count). The Morgan fingerprint density at radius 3 is 2.02 bits per heavy atom. The molecule has 0 radical (unpaired) electrons. The molecule has 2 aromatic carbocycles. The van der Waals surface area contributed by atoms with E-state index in [9.17, 15) is 40.6 Å². The van der Waals surface area contributed by atoms with Crippen LogP contribution in [-0.2, 0) is 58.3 Å². The number of anilines is 1. The van der Waals surface area contributed by atoms with E-state index in [1.54, 1.807) is 0 Å². The zero-order chi connectivity index (χ0) is 38.9. The Labute approximate surface area is 306 Å². The van der Waals surface area contributed by atoms with E-state index >= 15 is 0 Å². The van der Waals surface area contributed by atoms with Crippen LogP contribution >= 0.6 is 24.1 Å². The van der Waals surface area contributed by atoms with Crippen LogP contribution in [0.4, 0.5) is 5.69 Å².